The molecule has 86 valence electrons. The lowest BCUT2D eigenvalue weighted by atomic mass is 10.1. The van der Waals surface area contributed by atoms with Crippen LogP contribution in [0, 0.1) is 5.82 Å². The quantitative estimate of drug-likeness (QED) is 0.847. The fourth-order valence-corrected chi connectivity index (χ4v) is 2.06. The van der Waals surface area contributed by atoms with Crippen molar-refractivity contribution in [2.24, 2.45) is 0 Å². The van der Waals surface area contributed by atoms with Crippen LogP contribution in [-0.2, 0) is 13.0 Å². The molecular weight excluding hydrogens is 205 g/mol. The summed E-state index contributed by atoms with van der Waals surface area (Å²) in [5.41, 5.74) is 2.11. The number of aliphatic hydroxyl groups is 1. The zero-order valence-electron chi connectivity index (χ0n) is 9.57. The van der Waals surface area contributed by atoms with Crippen LogP contribution in [0.3, 0.4) is 0 Å². The van der Waals surface area contributed by atoms with Gasteiger partial charge in [-0.15, -0.1) is 0 Å². The number of aryl methyl sites for hydroxylation is 1. The molecule has 1 atom stereocenters. The molecule has 0 aliphatic rings. The monoisotopic (exact) mass is 221 g/mol. The molecule has 0 amide bonds. The topological polar surface area (TPSA) is 25.2 Å². The first-order valence-electron chi connectivity index (χ1n) is 5.57. The molecule has 0 radical (unpaired) electrons. The van der Waals surface area contributed by atoms with Crippen molar-refractivity contribution >= 4 is 10.9 Å². The van der Waals surface area contributed by atoms with Crippen LogP contribution in [0.1, 0.15) is 19.4 Å². The van der Waals surface area contributed by atoms with Gasteiger partial charge in [0.1, 0.15) is 5.82 Å². The summed E-state index contributed by atoms with van der Waals surface area (Å²) in [7, 11) is 0. The molecule has 0 bridgehead atoms. The van der Waals surface area contributed by atoms with E-state index in [1.54, 1.807) is 19.1 Å². The van der Waals surface area contributed by atoms with Crippen LogP contribution >= 0.6 is 0 Å². The average Bonchev–Trinajstić information content (AvgIpc) is 2.55. The number of aliphatic hydroxyl groups excluding tert-OH is 1. The summed E-state index contributed by atoms with van der Waals surface area (Å²) >= 11 is 0. The number of aromatic nitrogens is 1. The molecule has 2 rings (SSSR count). The van der Waals surface area contributed by atoms with Crippen LogP contribution < -0.4 is 0 Å². The van der Waals surface area contributed by atoms with Crippen molar-refractivity contribution in [2.75, 3.05) is 0 Å². The van der Waals surface area contributed by atoms with Gasteiger partial charge in [-0.3, -0.25) is 0 Å². The number of hydrogen-bond donors (Lipinski definition) is 1. The Morgan fingerprint density at radius 1 is 1.44 bits per heavy atom. The van der Waals surface area contributed by atoms with E-state index in [9.17, 15) is 9.50 Å². The summed E-state index contributed by atoms with van der Waals surface area (Å²) in [6.07, 6.45) is 2.47. The molecule has 0 saturated carbocycles. The second-order valence-corrected chi connectivity index (χ2v) is 4.17. The van der Waals surface area contributed by atoms with Gasteiger partial charge in [0.05, 0.1) is 6.10 Å². The van der Waals surface area contributed by atoms with E-state index in [1.165, 1.54) is 6.07 Å². The molecular formula is C13H16FNO. The second-order valence-electron chi connectivity index (χ2n) is 4.17. The Bertz CT molecular complexity index is 502. The molecule has 1 aromatic carbocycles. The lowest BCUT2D eigenvalue weighted by molar-refractivity contribution is 0.175. The van der Waals surface area contributed by atoms with Gasteiger partial charge in [-0.1, -0.05) is 6.92 Å². The van der Waals surface area contributed by atoms with Gasteiger partial charge in [0.15, 0.2) is 0 Å². The summed E-state index contributed by atoms with van der Waals surface area (Å²) in [6.45, 7) is 4.34. The molecule has 1 aromatic heterocycles. The normalized spacial score (nSPS) is 13.2. The van der Waals surface area contributed by atoms with Gasteiger partial charge < -0.3 is 9.67 Å². The van der Waals surface area contributed by atoms with Crippen LogP contribution in [0.2, 0.25) is 0 Å². The first kappa shape index (κ1) is 11.1. The fraction of sp³-hybridized carbons (Fsp3) is 0.385. The number of hydrogen-bond acceptors (Lipinski definition) is 1. The van der Waals surface area contributed by atoms with Gasteiger partial charge in [0.2, 0.25) is 0 Å². The van der Waals surface area contributed by atoms with E-state index >= 15 is 0 Å². The van der Waals surface area contributed by atoms with E-state index in [-0.39, 0.29) is 5.82 Å². The highest BCUT2D eigenvalue weighted by molar-refractivity contribution is 5.84. The van der Waals surface area contributed by atoms with Crippen LogP contribution in [0.5, 0.6) is 0 Å². The number of fused-ring (bicyclic) bond motifs is 1. The van der Waals surface area contributed by atoms with E-state index < -0.39 is 6.10 Å². The van der Waals surface area contributed by atoms with Gasteiger partial charge in [-0.2, -0.15) is 0 Å². The number of nitrogens with zero attached hydrogens (tertiary/aromatic N) is 1. The molecule has 0 fully saturated rings. The maximum Gasteiger partial charge on any atom is 0.123 e. The zero-order chi connectivity index (χ0) is 11.7. The highest BCUT2D eigenvalue weighted by atomic mass is 19.1. The van der Waals surface area contributed by atoms with Crippen molar-refractivity contribution in [3.05, 3.63) is 35.8 Å². The Kier molecular flexibility index (Phi) is 2.97. The van der Waals surface area contributed by atoms with Gasteiger partial charge >= 0.3 is 0 Å². The molecule has 3 heteroatoms. The van der Waals surface area contributed by atoms with E-state index in [2.05, 4.69) is 0 Å². The first-order chi connectivity index (χ1) is 7.61. The Morgan fingerprint density at radius 2 is 2.19 bits per heavy atom. The standard InChI is InChI=1S/C13H16FNO/c1-3-10-8-15(7-9(2)16)13-5-4-11(14)6-12(10)13/h4-6,8-9,16H,3,7H2,1-2H3. The molecule has 1 heterocycles. The highest BCUT2D eigenvalue weighted by Gasteiger charge is 2.09. The number of rotatable bonds is 3. The predicted octanol–water partition coefficient (Wildman–Crippen LogP) is 2.72. The van der Waals surface area contributed by atoms with Gasteiger partial charge in [0, 0.05) is 23.6 Å². The van der Waals surface area contributed by atoms with Crippen LogP contribution in [0.4, 0.5) is 4.39 Å². The minimum absolute atomic E-state index is 0.211. The lowest BCUT2D eigenvalue weighted by Gasteiger charge is -2.07. The van der Waals surface area contributed by atoms with Crippen molar-refractivity contribution in [1.29, 1.82) is 0 Å². The highest BCUT2D eigenvalue weighted by Crippen LogP contribution is 2.23. The number of benzene rings is 1. The van der Waals surface area contributed by atoms with Gasteiger partial charge in [-0.25, -0.2) is 4.39 Å². The maximum atomic E-state index is 13.2. The summed E-state index contributed by atoms with van der Waals surface area (Å²) in [5, 5.41) is 10.4. The third-order valence-corrected chi connectivity index (χ3v) is 2.77. The maximum absolute atomic E-state index is 13.2. The van der Waals surface area contributed by atoms with E-state index in [1.807, 2.05) is 17.7 Å². The molecule has 1 unspecified atom stereocenters. The molecule has 0 aliphatic heterocycles. The van der Waals surface area contributed by atoms with Crippen molar-refractivity contribution < 1.29 is 9.50 Å². The Morgan fingerprint density at radius 3 is 2.81 bits per heavy atom. The zero-order valence-corrected chi connectivity index (χ0v) is 9.57. The van der Waals surface area contributed by atoms with Gasteiger partial charge in [0.25, 0.3) is 0 Å². The van der Waals surface area contributed by atoms with Crippen LogP contribution in [0.25, 0.3) is 10.9 Å². The van der Waals surface area contributed by atoms with Crippen LogP contribution in [-0.4, -0.2) is 15.8 Å². The van der Waals surface area contributed by atoms with E-state index in [0.29, 0.717) is 6.54 Å². The van der Waals surface area contributed by atoms with Crippen molar-refractivity contribution in [3.63, 3.8) is 0 Å². The first-order valence-corrected chi connectivity index (χ1v) is 5.57. The minimum atomic E-state index is -0.398. The molecule has 0 saturated heterocycles. The SMILES string of the molecule is CCc1cn(CC(C)O)c2ccc(F)cc12. The Hall–Kier alpha value is -1.35. The Labute approximate surface area is 94.3 Å². The van der Waals surface area contributed by atoms with Crippen molar-refractivity contribution in [1.82, 2.24) is 4.57 Å². The van der Waals surface area contributed by atoms with E-state index in [4.69, 9.17) is 0 Å². The van der Waals surface area contributed by atoms with E-state index in [0.717, 1.165) is 22.9 Å². The average molecular weight is 221 g/mol. The minimum Gasteiger partial charge on any atom is -0.392 e. The lowest BCUT2D eigenvalue weighted by Crippen LogP contribution is -2.10. The third kappa shape index (κ3) is 1.95. The molecule has 1 N–H and O–H groups in total. The van der Waals surface area contributed by atoms with Crippen LogP contribution in [0.15, 0.2) is 24.4 Å². The van der Waals surface area contributed by atoms with Gasteiger partial charge in [-0.05, 0) is 37.1 Å². The Balaban J connectivity index is 2.58. The molecule has 2 aromatic rings. The summed E-state index contributed by atoms with van der Waals surface area (Å²) < 4.78 is 15.2. The van der Waals surface area contributed by atoms with Crippen molar-refractivity contribution in [3.8, 4) is 0 Å². The summed E-state index contributed by atoms with van der Waals surface area (Å²) in [4.78, 5) is 0. The summed E-state index contributed by atoms with van der Waals surface area (Å²) in [5.74, 6) is -0.211. The molecule has 2 nitrogen and oxygen atoms in total. The smallest absolute Gasteiger partial charge is 0.123 e. The summed E-state index contributed by atoms with van der Waals surface area (Å²) in [6, 6.07) is 4.79. The number of halogens is 1. The molecule has 16 heavy (non-hydrogen) atoms. The molecule has 0 spiro atoms. The second kappa shape index (κ2) is 4.26. The van der Waals surface area contributed by atoms with Crippen molar-refractivity contribution in [2.45, 2.75) is 32.9 Å². The third-order valence-electron chi connectivity index (χ3n) is 2.77. The largest absolute Gasteiger partial charge is 0.392 e. The molecule has 0 aliphatic carbocycles. The fourth-order valence-electron chi connectivity index (χ4n) is 2.06. The predicted molar refractivity (Wildman–Crippen MR) is 63.0 cm³/mol.